The average Bonchev–Trinajstić information content (AvgIpc) is 3.43. The summed E-state index contributed by atoms with van der Waals surface area (Å²) in [6.45, 7) is 2.29. The highest BCUT2D eigenvalue weighted by Crippen LogP contribution is 2.47. The topological polar surface area (TPSA) is 26.3 Å². The Morgan fingerprint density at radius 3 is 1.52 bits per heavy atom. The minimum Gasteiger partial charge on any atom is -0.469 e. The van der Waals surface area contributed by atoms with E-state index in [-0.39, 0.29) is 5.97 Å². The van der Waals surface area contributed by atoms with Crippen molar-refractivity contribution in [3.8, 4) is 0 Å². The number of unbranched alkanes of at least 4 members (excludes halogenated alkanes) is 14. The van der Waals surface area contributed by atoms with Crippen LogP contribution in [-0.4, -0.2) is 23.6 Å². The van der Waals surface area contributed by atoms with Crippen molar-refractivity contribution < 1.29 is 9.53 Å². The molecule has 1 fully saturated rings. The number of esters is 1. The van der Waals surface area contributed by atoms with Crippen LogP contribution in [0.1, 0.15) is 129 Å². The molecule has 2 nitrogen and oxygen atoms in total. The number of hydrogen-bond donors (Lipinski definition) is 0. The molecule has 0 aromatic carbocycles. The first-order valence-corrected chi connectivity index (χ1v) is 12.9. The Morgan fingerprint density at radius 1 is 0.667 bits per heavy atom. The van der Waals surface area contributed by atoms with Crippen LogP contribution in [0.5, 0.6) is 0 Å². The molecule has 2 unspecified atom stereocenters. The molecule has 3 heteroatoms. The zero-order valence-corrected chi connectivity index (χ0v) is 19.1. The van der Waals surface area contributed by atoms with E-state index in [9.17, 15) is 4.79 Å². The smallest absolute Gasteiger partial charge is 0.305 e. The molecule has 0 saturated carbocycles. The van der Waals surface area contributed by atoms with E-state index in [0.29, 0.717) is 6.42 Å². The SMILES string of the molecule is CCCCCCCCCC1SC1CCCCCCCCCCCC(=O)OC. The van der Waals surface area contributed by atoms with Gasteiger partial charge in [-0.05, 0) is 19.3 Å². The van der Waals surface area contributed by atoms with Crippen molar-refractivity contribution in [3.05, 3.63) is 0 Å². The Hall–Kier alpha value is -0.180. The van der Waals surface area contributed by atoms with E-state index in [4.69, 9.17) is 0 Å². The highest BCUT2D eigenvalue weighted by atomic mass is 32.2. The molecule has 27 heavy (non-hydrogen) atoms. The summed E-state index contributed by atoms with van der Waals surface area (Å²) in [5.74, 6) is -0.0616. The van der Waals surface area contributed by atoms with Crippen molar-refractivity contribution in [2.75, 3.05) is 7.11 Å². The van der Waals surface area contributed by atoms with E-state index in [1.165, 1.54) is 116 Å². The second-order valence-electron chi connectivity index (χ2n) is 8.42. The third-order valence-electron chi connectivity index (χ3n) is 5.88. The minimum atomic E-state index is -0.0616. The largest absolute Gasteiger partial charge is 0.469 e. The molecule has 0 aromatic rings. The number of carbonyl (C=O) groups excluding carboxylic acids is 1. The Labute approximate surface area is 174 Å². The number of hydrogen-bond acceptors (Lipinski definition) is 3. The van der Waals surface area contributed by atoms with Crippen LogP contribution in [0, 0.1) is 0 Å². The Morgan fingerprint density at radius 2 is 1.07 bits per heavy atom. The number of rotatable bonds is 20. The third-order valence-corrected chi connectivity index (χ3v) is 7.39. The number of methoxy groups -OCH3 is 1. The van der Waals surface area contributed by atoms with E-state index in [1.54, 1.807) is 0 Å². The van der Waals surface area contributed by atoms with Crippen LogP contribution in [0.15, 0.2) is 0 Å². The fraction of sp³-hybridized carbons (Fsp3) is 0.958. The molecule has 0 N–H and O–H groups in total. The zero-order valence-electron chi connectivity index (χ0n) is 18.3. The van der Waals surface area contributed by atoms with Gasteiger partial charge in [-0.25, -0.2) is 0 Å². The Kier molecular flexibility index (Phi) is 16.5. The first-order chi connectivity index (χ1) is 13.3. The summed E-state index contributed by atoms with van der Waals surface area (Å²) >= 11 is 2.26. The summed E-state index contributed by atoms with van der Waals surface area (Å²) in [5.41, 5.74) is 0. The predicted molar refractivity (Wildman–Crippen MR) is 121 cm³/mol. The lowest BCUT2D eigenvalue weighted by atomic mass is 10.0. The molecule has 1 aliphatic heterocycles. The predicted octanol–water partition coefficient (Wildman–Crippen LogP) is 8.08. The van der Waals surface area contributed by atoms with Crippen LogP contribution in [0.25, 0.3) is 0 Å². The van der Waals surface area contributed by atoms with Gasteiger partial charge in [0.25, 0.3) is 0 Å². The fourth-order valence-electron chi connectivity index (χ4n) is 3.94. The van der Waals surface area contributed by atoms with Crippen LogP contribution >= 0.6 is 11.8 Å². The molecule has 1 heterocycles. The molecule has 1 saturated heterocycles. The van der Waals surface area contributed by atoms with Crippen LogP contribution < -0.4 is 0 Å². The lowest BCUT2D eigenvalue weighted by Crippen LogP contribution is -1.99. The lowest BCUT2D eigenvalue weighted by Gasteiger charge is -2.03. The standard InChI is InChI=1S/C24H46O2S/c1-3-4-5-6-10-13-16-19-22-23(27-22)20-17-14-11-8-7-9-12-15-18-21-24(25)26-2/h22-23H,3-21H2,1-2H3. The number of carbonyl (C=O) groups is 1. The summed E-state index contributed by atoms with van der Waals surface area (Å²) in [6.07, 6.45) is 25.5. The highest BCUT2D eigenvalue weighted by Gasteiger charge is 2.36. The first-order valence-electron chi connectivity index (χ1n) is 12.0. The monoisotopic (exact) mass is 398 g/mol. The van der Waals surface area contributed by atoms with Crippen molar-refractivity contribution >= 4 is 17.7 Å². The van der Waals surface area contributed by atoms with E-state index in [1.807, 2.05) is 0 Å². The Balaban J connectivity index is 1.72. The van der Waals surface area contributed by atoms with Gasteiger partial charge < -0.3 is 4.74 Å². The van der Waals surface area contributed by atoms with Crippen molar-refractivity contribution in [1.29, 1.82) is 0 Å². The summed E-state index contributed by atoms with van der Waals surface area (Å²) in [4.78, 5) is 11.0. The van der Waals surface area contributed by atoms with Crippen LogP contribution in [0.2, 0.25) is 0 Å². The average molecular weight is 399 g/mol. The molecule has 0 aliphatic carbocycles. The lowest BCUT2D eigenvalue weighted by molar-refractivity contribution is -0.140. The van der Waals surface area contributed by atoms with Gasteiger partial charge in [0.1, 0.15) is 0 Å². The molecule has 0 radical (unpaired) electrons. The van der Waals surface area contributed by atoms with Gasteiger partial charge in [-0.1, -0.05) is 103 Å². The molecule has 0 bridgehead atoms. The summed E-state index contributed by atoms with van der Waals surface area (Å²) < 4.78 is 4.66. The molecular formula is C24H46O2S. The molecule has 0 aromatic heterocycles. The van der Waals surface area contributed by atoms with Crippen molar-refractivity contribution in [2.24, 2.45) is 0 Å². The van der Waals surface area contributed by atoms with Gasteiger partial charge >= 0.3 is 5.97 Å². The second-order valence-corrected chi connectivity index (χ2v) is 9.90. The van der Waals surface area contributed by atoms with E-state index in [2.05, 4.69) is 23.4 Å². The van der Waals surface area contributed by atoms with E-state index < -0.39 is 0 Å². The highest BCUT2D eigenvalue weighted by molar-refractivity contribution is 8.07. The van der Waals surface area contributed by atoms with Crippen molar-refractivity contribution in [3.63, 3.8) is 0 Å². The second kappa shape index (κ2) is 17.9. The number of thioether (sulfide) groups is 1. The van der Waals surface area contributed by atoms with Crippen LogP contribution in [0.3, 0.4) is 0 Å². The quantitative estimate of drug-likeness (QED) is 0.118. The van der Waals surface area contributed by atoms with Gasteiger partial charge in [-0.2, -0.15) is 11.8 Å². The van der Waals surface area contributed by atoms with Crippen LogP contribution in [-0.2, 0) is 9.53 Å². The van der Waals surface area contributed by atoms with Gasteiger partial charge in [0.05, 0.1) is 7.11 Å². The summed E-state index contributed by atoms with van der Waals surface area (Å²) in [7, 11) is 1.47. The van der Waals surface area contributed by atoms with Gasteiger partial charge in [0, 0.05) is 16.9 Å². The number of ether oxygens (including phenoxy) is 1. The minimum absolute atomic E-state index is 0.0616. The molecule has 2 atom stereocenters. The third kappa shape index (κ3) is 15.4. The molecule has 0 spiro atoms. The molecule has 1 rings (SSSR count). The van der Waals surface area contributed by atoms with Gasteiger partial charge in [0.2, 0.25) is 0 Å². The fourth-order valence-corrected chi connectivity index (χ4v) is 5.18. The van der Waals surface area contributed by atoms with E-state index >= 15 is 0 Å². The molecule has 160 valence electrons. The van der Waals surface area contributed by atoms with Gasteiger partial charge in [0.15, 0.2) is 0 Å². The van der Waals surface area contributed by atoms with E-state index in [0.717, 1.165) is 16.9 Å². The maximum atomic E-state index is 11.0. The zero-order chi connectivity index (χ0) is 19.6. The van der Waals surface area contributed by atoms with Crippen molar-refractivity contribution in [1.82, 2.24) is 0 Å². The molecule has 1 aliphatic rings. The van der Waals surface area contributed by atoms with Gasteiger partial charge in [-0.15, -0.1) is 0 Å². The summed E-state index contributed by atoms with van der Waals surface area (Å²) in [6, 6.07) is 0. The normalized spacial score (nSPS) is 18.6. The first kappa shape index (κ1) is 24.9. The maximum Gasteiger partial charge on any atom is 0.305 e. The summed E-state index contributed by atoms with van der Waals surface area (Å²) in [5, 5.41) is 2.03. The maximum absolute atomic E-state index is 11.0. The Bertz CT molecular complexity index is 345. The van der Waals surface area contributed by atoms with Gasteiger partial charge in [-0.3, -0.25) is 4.79 Å². The molecular weight excluding hydrogens is 352 g/mol. The van der Waals surface area contributed by atoms with Crippen molar-refractivity contribution in [2.45, 2.75) is 139 Å². The molecule has 0 amide bonds. The van der Waals surface area contributed by atoms with Crippen LogP contribution in [0.4, 0.5) is 0 Å².